The lowest BCUT2D eigenvalue weighted by molar-refractivity contribution is -0.274. The van der Waals surface area contributed by atoms with Gasteiger partial charge in [0, 0.05) is 6.07 Å². The van der Waals surface area contributed by atoms with E-state index in [-0.39, 0.29) is 12.4 Å². The van der Waals surface area contributed by atoms with E-state index in [1.165, 1.54) is 0 Å². The molecule has 1 aromatic carbocycles. The van der Waals surface area contributed by atoms with Crippen LogP contribution in [0.4, 0.5) is 13.2 Å². The van der Waals surface area contributed by atoms with Gasteiger partial charge in [0.2, 0.25) is 0 Å². The predicted molar refractivity (Wildman–Crippen MR) is 55.2 cm³/mol. The summed E-state index contributed by atoms with van der Waals surface area (Å²) in [6, 6.07) is 2.07. The molecular formula is C7H5Cl2F3O4S. The topological polar surface area (TPSA) is 63.6 Å². The molecule has 0 radical (unpaired) electrons. The van der Waals surface area contributed by atoms with Gasteiger partial charge in [-0.05, 0) is 12.1 Å². The summed E-state index contributed by atoms with van der Waals surface area (Å²) in [5, 5.41) is -0.566. The molecule has 0 atom stereocenters. The molecule has 0 aliphatic rings. The third kappa shape index (κ3) is 4.99. The van der Waals surface area contributed by atoms with Crippen LogP contribution < -0.4 is 4.74 Å². The minimum Gasteiger partial charge on any atom is -0.406 e. The Hall–Kier alpha value is -0.700. The summed E-state index contributed by atoms with van der Waals surface area (Å²) < 4.78 is 68.7. The first-order valence-corrected chi connectivity index (χ1v) is 5.44. The standard InChI is InChI=1S/C7H4ClF3O4S.ClH/c8-5-3-4(15-7(9,10)11)1-2-6(5)16(12,13)14;/h1-3H,(H,12,13,14);1H. The van der Waals surface area contributed by atoms with E-state index in [2.05, 4.69) is 4.74 Å². The maximum absolute atomic E-state index is 11.8. The first kappa shape index (κ1) is 16.3. The minimum atomic E-state index is -4.90. The van der Waals surface area contributed by atoms with Crippen LogP contribution in [-0.4, -0.2) is 19.3 Å². The van der Waals surface area contributed by atoms with Gasteiger partial charge in [-0.15, -0.1) is 25.6 Å². The van der Waals surface area contributed by atoms with E-state index in [0.29, 0.717) is 12.1 Å². The molecule has 1 aromatic rings. The lowest BCUT2D eigenvalue weighted by Gasteiger charge is -2.09. The monoisotopic (exact) mass is 312 g/mol. The molecule has 0 heterocycles. The lowest BCUT2D eigenvalue weighted by atomic mass is 10.3. The van der Waals surface area contributed by atoms with Gasteiger partial charge in [-0.3, -0.25) is 4.55 Å². The van der Waals surface area contributed by atoms with Crippen LogP contribution in [-0.2, 0) is 10.1 Å². The molecule has 0 amide bonds. The number of halogens is 5. The normalized spacial score (nSPS) is 11.8. The van der Waals surface area contributed by atoms with Gasteiger partial charge >= 0.3 is 6.36 Å². The van der Waals surface area contributed by atoms with Crippen LogP contribution in [0, 0.1) is 0 Å². The maximum atomic E-state index is 11.8. The zero-order valence-corrected chi connectivity index (χ0v) is 10.1. The van der Waals surface area contributed by atoms with Crippen LogP contribution in [0.25, 0.3) is 0 Å². The quantitative estimate of drug-likeness (QED) is 0.853. The van der Waals surface area contributed by atoms with Crippen LogP contribution in [0.2, 0.25) is 5.02 Å². The van der Waals surface area contributed by atoms with Crippen molar-refractivity contribution in [3.05, 3.63) is 23.2 Å². The molecule has 17 heavy (non-hydrogen) atoms. The van der Waals surface area contributed by atoms with Crippen LogP contribution in [0.3, 0.4) is 0 Å². The van der Waals surface area contributed by atoms with E-state index in [0.717, 1.165) is 6.07 Å². The van der Waals surface area contributed by atoms with E-state index in [1.54, 1.807) is 0 Å². The highest BCUT2D eigenvalue weighted by Crippen LogP contribution is 2.29. The molecule has 0 bridgehead atoms. The molecular weight excluding hydrogens is 308 g/mol. The second kappa shape index (κ2) is 5.30. The third-order valence-corrected chi connectivity index (χ3v) is 2.75. The van der Waals surface area contributed by atoms with Crippen molar-refractivity contribution < 1.29 is 30.9 Å². The van der Waals surface area contributed by atoms with Crippen molar-refractivity contribution in [3.63, 3.8) is 0 Å². The van der Waals surface area contributed by atoms with Crippen molar-refractivity contribution in [2.24, 2.45) is 0 Å². The van der Waals surface area contributed by atoms with E-state index in [9.17, 15) is 21.6 Å². The Labute approximate surface area is 105 Å². The fourth-order valence-corrected chi connectivity index (χ4v) is 1.90. The van der Waals surface area contributed by atoms with E-state index < -0.39 is 32.1 Å². The molecule has 1 N–H and O–H groups in total. The molecule has 0 fully saturated rings. The molecule has 0 aliphatic carbocycles. The summed E-state index contributed by atoms with van der Waals surface area (Å²) in [5.74, 6) is -0.676. The van der Waals surface area contributed by atoms with E-state index in [1.807, 2.05) is 0 Å². The number of ether oxygens (including phenoxy) is 1. The summed E-state index contributed by atoms with van der Waals surface area (Å²) in [5.41, 5.74) is 0. The summed E-state index contributed by atoms with van der Waals surface area (Å²) in [7, 11) is -4.56. The molecule has 0 spiro atoms. The molecule has 10 heteroatoms. The Balaban J connectivity index is 0.00000256. The second-order valence-electron chi connectivity index (χ2n) is 2.62. The lowest BCUT2D eigenvalue weighted by Crippen LogP contribution is -2.17. The second-order valence-corrected chi connectivity index (χ2v) is 4.41. The molecule has 0 aromatic heterocycles. The molecule has 0 saturated heterocycles. The number of benzene rings is 1. The van der Waals surface area contributed by atoms with Crippen molar-refractivity contribution in [1.82, 2.24) is 0 Å². The highest BCUT2D eigenvalue weighted by molar-refractivity contribution is 7.86. The largest absolute Gasteiger partial charge is 0.573 e. The molecule has 0 aliphatic heterocycles. The fourth-order valence-electron chi connectivity index (χ4n) is 0.888. The number of alkyl halides is 3. The van der Waals surface area contributed by atoms with Crippen LogP contribution >= 0.6 is 24.0 Å². The molecule has 0 saturated carbocycles. The Morgan fingerprint density at radius 3 is 2.18 bits per heavy atom. The molecule has 98 valence electrons. The van der Waals surface area contributed by atoms with Gasteiger partial charge in [0.1, 0.15) is 10.6 Å². The predicted octanol–water partition coefficient (Wildman–Crippen LogP) is 2.91. The summed E-state index contributed by atoms with van der Waals surface area (Å²) in [4.78, 5) is -0.691. The number of hydrogen-bond acceptors (Lipinski definition) is 3. The smallest absolute Gasteiger partial charge is 0.406 e. The van der Waals surface area contributed by atoms with E-state index in [4.69, 9.17) is 16.2 Å². The highest BCUT2D eigenvalue weighted by atomic mass is 35.5. The summed E-state index contributed by atoms with van der Waals surface area (Å²) in [6.07, 6.45) is -4.90. The van der Waals surface area contributed by atoms with Crippen molar-refractivity contribution in [2.45, 2.75) is 11.3 Å². The van der Waals surface area contributed by atoms with Crippen LogP contribution in [0.5, 0.6) is 5.75 Å². The van der Waals surface area contributed by atoms with Gasteiger partial charge in [0.05, 0.1) is 5.02 Å². The average molecular weight is 313 g/mol. The Morgan fingerprint density at radius 1 is 1.29 bits per heavy atom. The van der Waals surface area contributed by atoms with Gasteiger partial charge in [-0.2, -0.15) is 8.42 Å². The minimum absolute atomic E-state index is 0. The average Bonchev–Trinajstić information content (AvgIpc) is 1.97. The van der Waals surface area contributed by atoms with Crippen LogP contribution in [0.1, 0.15) is 0 Å². The van der Waals surface area contributed by atoms with Gasteiger partial charge in [0.15, 0.2) is 0 Å². The molecule has 1 rings (SSSR count). The molecule has 0 unspecified atom stereocenters. The van der Waals surface area contributed by atoms with Crippen molar-refractivity contribution in [1.29, 1.82) is 0 Å². The Kier molecular flexibility index (Phi) is 5.08. The zero-order valence-electron chi connectivity index (χ0n) is 7.73. The zero-order chi connectivity index (χ0) is 12.6. The van der Waals surface area contributed by atoms with Gasteiger partial charge < -0.3 is 4.74 Å². The number of hydrogen-bond donors (Lipinski definition) is 1. The third-order valence-electron chi connectivity index (χ3n) is 1.41. The Bertz CT molecular complexity index is 500. The summed E-state index contributed by atoms with van der Waals surface area (Å²) in [6.45, 7) is 0. The Morgan fingerprint density at radius 2 is 1.82 bits per heavy atom. The van der Waals surface area contributed by atoms with E-state index >= 15 is 0 Å². The van der Waals surface area contributed by atoms with Gasteiger partial charge in [0.25, 0.3) is 10.1 Å². The van der Waals surface area contributed by atoms with Gasteiger partial charge in [-0.25, -0.2) is 0 Å². The highest BCUT2D eigenvalue weighted by Gasteiger charge is 2.31. The fraction of sp³-hybridized carbons (Fsp3) is 0.143. The van der Waals surface area contributed by atoms with Crippen molar-refractivity contribution >= 4 is 34.1 Å². The van der Waals surface area contributed by atoms with Gasteiger partial charge in [-0.1, -0.05) is 11.6 Å². The first-order chi connectivity index (χ1) is 7.09. The van der Waals surface area contributed by atoms with Crippen molar-refractivity contribution in [3.8, 4) is 5.75 Å². The number of rotatable bonds is 2. The molecule has 4 nitrogen and oxygen atoms in total. The van der Waals surface area contributed by atoms with Crippen molar-refractivity contribution in [2.75, 3.05) is 0 Å². The summed E-state index contributed by atoms with van der Waals surface area (Å²) >= 11 is 5.36. The SMILES string of the molecule is Cl.O=S(=O)(O)c1ccc(OC(F)(F)F)cc1Cl. The first-order valence-electron chi connectivity index (χ1n) is 3.62. The van der Waals surface area contributed by atoms with Crippen LogP contribution in [0.15, 0.2) is 23.1 Å². The maximum Gasteiger partial charge on any atom is 0.573 e.